The number of fused-ring (bicyclic) bond motifs is 1. The lowest BCUT2D eigenvalue weighted by atomic mass is 9.94. The van der Waals surface area contributed by atoms with Crippen molar-refractivity contribution in [3.63, 3.8) is 0 Å². The maximum Gasteiger partial charge on any atom is 0.254 e. The summed E-state index contributed by atoms with van der Waals surface area (Å²) in [5.41, 5.74) is 2.87. The summed E-state index contributed by atoms with van der Waals surface area (Å²) < 4.78 is 5.87. The number of carbonyl (C=O) groups is 2. The average Bonchev–Trinajstić information content (AvgIpc) is 3.08. The van der Waals surface area contributed by atoms with E-state index in [1.165, 1.54) is 0 Å². The van der Waals surface area contributed by atoms with Crippen molar-refractivity contribution in [2.24, 2.45) is 5.92 Å². The number of oxazole rings is 1. The number of rotatable bonds is 4. The molecule has 0 bridgehead atoms. The third kappa shape index (κ3) is 3.94. The molecule has 1 aliphatic rings. The van der Waals surface area contributed by atoms with Gasteiger partial charge in [-0.25, -0.2) is 4.98 Å². The molecule has 1 amide bonds. The fourth-order valence-corrected chi connectivity index (χ4v) is 3.89. The van der Waals surface area contributed by atoms with E-state index in [1.807, 2.05) is 24.3 Å². The Morgan fingerprint density at radius 3 is 2.89 bits per heavy atom. The highest BCUT2D eigenvalue weighted by atomic mass is 35.5. The van der Waals surface area contributed by atoms with Crippen LogP contribution in [0.1, 0.15) is 41.6 Å². The molecule has 6 heteroatoms. The number of likely N-dealkylation sites (tertiary alicyclic amines) is 1. The van der Waals surface area contributed by atoms with E-state index in [2.05, 4.69) is 4.98 Å². The summed E-state index contributed by atoms with van der Waals surface area (Å²) in [6.07, 6.45) is 2.24. The Kier molecular flexibility index (Phi) is 5.18. The quantitative estimate of drug-likeness (QED) is 0.650. The van der Waals surface area contributed by atoms with E-state index in [-0.39, 0.29) is 17.6 Å². The minimum absolute atomic E-state index is 0.0593. The van der Waals surface area contributed by atoms with Gasteiger partial charge in [0.15, 0.2) is 11.5 Å². The van der Waals surface area contributed by atoms with Gasteiger partial charge in [-0.05, 0) is 55.7 Å². The molecule has 0 N–H and O–H groups in total. The molecule has 4 rings (SSSR count). The number of nitrogens with zero attached hydrogens (tertiary/aromatic N) is 2. The van der Waals surface area contributed by atoms with E-state index in [0.717, 1.165) is 18.4 Å². The van der Waals surface area contributed by atoms with Crippen molar-refractivity contribution in [3.8, 4) is 0 Å². The molecule has 0 aliphatic carbocycles. The second-order valence-electron chi connectivity index (χ2n) is 7.30. The summed E-state index contributed by atoms with van der Waals surface area (Å²) >= 11 is 6.03. The molecule has 0 spiro atoms. The van der Waals surface area contributed by atoms with Crippen LogP contribution < -0.4 is 0 Å². The van der Waals surface area contributed by atoms with Gasteiger partial charge in [0.2, 0.25) is 0 Å². The van der Waals surface area contributed by atoms with Crippen LogP contribution in [0.2, 0.25) is 5.02 Å². The predicted molar refractivity (Wildman–Crippen MR) is 108 cm³/mol. The maximum absolute atomic E-state index is 12.9. The zero-order valence-corrected chi connectivity index (χ0v) is 16.4. The second-order valence-corrected chi connectivity index (χ2v) is 7.73. The van der Waals surface area contributed by atoms with Crippen LogP contribution in [0.25, 0.3) is 11.1 Å². The zero-order valence-electron chi connectivity index (χ0n) is 15.7. The maximum atomic E-state index is 12.9. The van der Waals surface area contributed by atoms with Gasteiger partial charge in [0.25, 0.3) is 5.91 Å². The number of hydrogen-bond acceptors (Lipinski definition) is 4. The number of amides is 1. The SMILES string of the molecule is CC(=O)[C@H]1CCCN(C(=O)c2ccc3nc(Cc4cccc(Cl)c4)oc3c2)C1. The molecule has 1 aromatic heterocycles. The number of halogens is 1. The monoisotopic (exact) mass is 396 g/mol. The first-order valence-electron chi connectivity index (χ1n) is 9.43. The first-order valence-corrected chi connectivity index (χ1v) is 9.81. The van der Waals surface area contributed by atoms with Gasteiger partial charge in [-0.1, -0.05) is 23.7 Å². The van der Waals surface area contributed by atoms with Gasteiger partial charge in [0.1, 0.15) is 11.3 Å². The van der Waals surface area contributed by atoms with E-state index in [1.54, 1.807) is 30.0 Å². The summed E-state index contributed by atoms with van der Waals surface area (Å²) in [4.78, 5) is 30.8. The normalized spacial score (nSPS) is 17.1. The number of aromatic nitrogens is 1. The molecule has 1 fully saturated rings. The van der Waals surface area contributed by atoms with Crippen LogP contribution in [-0.4, -0.2) is 34.7 Å². The third-order valence-electron chi connectivity index (χ3n) is 5.21. The highest BCUT2D eigenvalue weighted by Crippen LogP contribution is 2.23. The van der Waals surface area contributed by atoms with Crippen LogP contribution >= 0.6 is 11.6 Å². The lowest BCUT2D eigenvalue weighted by Crippen LogP contribution is -2.41. The average molecular weight is 397 g/mol. The zero-order chi connectivity index (χ0) is 19.7. The van der Waals surface area contributed by atoms with Crippen LogP contribution in [0.5, 0.6) is 0 Å². The van der Waals surface area contributed by atoms with Crippen molar-refractivity contribution in [1.29, 1.82) is 0 Å². The fraction of sp³-hybridized carbons (Fsp3) is 0.318. The summed E-state index contributed by atoms with van der Waals surface area (Å²) in [6, 6.07) is 12.9. The van der Waals surface area contributed by atoms with Crippen LogP contribution in [0.4, 0.5) is 0 Å². The minimum Gasteiger partial charge on any atom is -0.440 e. The molecule has 0 saturated carbocycles. The fourth-order valence-electron chi connectivity index (χ4n) is 3.68. The predicted octanol–water partition coefficient (Wildman–Crippen LogP) is 4.51. The molecule has 144 valence electrons. The Balaban J connectivity index is 1.54. The highest BCUT2D eigenvalue weighted by Gasteiger charge is 2.27. The van der Waals surface area contributed by atoms with Crippen LogP contribution in [0, 0.1) is 5.92 Å². The van der Waals surface area contributed by atoms with Gasteiger partial charge < -0.3 is 9.32 Å². The Morgan fingerprint density at radius 1 is 1.25 bits per heavy atom. The van der Waals surface area contributed by atoms with Gasteiger partial charge in [0, 0.05) is 36.0 Å². The second kappa shape index (κ2) is 7.76. The molecular formula is C22H21ClN2O3. The van der Waals surface area contributed by atoms with E-state index < -0.39 is 0 Å². The number of piperidine rings is 1. The molecule has 28 heavy (non-hydrogen) atoms. The van der Waals surface area contributed by atoms with E-state index in [0.29, 0.717) is 47.1 Å². The largest absolute Gasteiger partial charge is 0.440 e. The van der Waals surface area contributed by atoms with Crippen LogP contribution in [0.3, 0.4) is 0 Å². The molecule has 3 aromatic rings. The smallest absolute Gasteiger partial charge is 0.254 e. The standard InChI is InChI=1S/C22H21ClN2O3/c1-14(26)17-5-3-9-25(13-17)22(27)16-7-8-19-20(12-16)28-21(24-19)11-15-4-2-6-18(23)10-15/h2,4,6-8,10,12,17H,3,5,9,11,13H2,1H3/t17-/m0/s1. The minimum atomic E-state index is -0.0689. The van der Waals surface area contributed by atoms with Gasteiger partial charge in [-0.3, -0.25) is 9.59 Å². The number of Topliss-reactive ketones (excluding diaryl/α,β-unsaturated/α-hetero) is 1. The Morgan fingerprint density at radius 2 is 2.11 bits per heavy atom. The summed E-state index contributed by atoms with van der Waals surface area (Å²) in [7, 11) is 0. The van der Waals surface area contributed by atoms with Gasteiger partial charge in [-0.2, -0.15) is 0 Å². The third-order valence-corrected chi connectivity index (χ3v) is 5.44. The molecule has 0 unspecified atom stereocenters. The summed E-state index contributed by atoms with van der Waals surface area (Å²) in [5.74, 6) is 0.599. The molecule has 0 radical (unpaired) electrons. The lowest BCUT2D eigenvalue weighted by Gasteiger charge is -2.31. The number of carbonyl (C=O) groups excluding carboxylic acids is 2. The van der Waals surface area contributed by atoms with Crippen molar-refractivity contribution in [3.05, 3.63) is 64.5 Å². The summed E-state index contributed by atoms with van der Waals surface area (Å²) in [6.45, 7) is 2.76. The summed E-state index contributed by atoms with van der Waals surface area (Å²) in [5, 5.41) is 0.673. The van der Waals surface area contributed by atoms with Crippen LogP contribution in [-0.2, 0) is 11.2 Å². The molecule has 1 saturated heterocycles. The van der Waals surface area contributed by atoms with Gasteiger partial charge >= 0.3 is 0 Å². The van der Waals surface area contributed by atoms with Crippen molar-refractivity contribution in [1.82, 2.24) is 9.88 Å². The lowest BCUT2D eigenvalue weighted by molar-refractivity contribution is -0.121. The van der Waals surface area contributed by atoms with Crippen molar-refractivity contribution in [2.45, 2.75) is 26.2 Å². The van der Waals surface area contributed by atoms with E-state index in [9.17, 15) is 9.59 Å². The Hall–Kier alpha value is -2.66. The molecule has 2 aromatic carbocycles. The first-order chi connectivity index (χ1) is 13.5. The molecular weight excluding hydrogens is 376 g/mol. The molecule has 2 heterocycles. The number of hydrogen-bond donors (Lipinski definition) is 0. The highest BCUT2D eigenvalue weighted by molar-refractivity contribution is 6.30. The van der Waals surface area contributed by atoms with Gasteiger partial charge in [0.05, 0.1) is 0 Å². The topological polar surface area (TPSA) is 63.4 Å². The Labute approximate surface area is 168 Å². The molecule has 5 nitrogen and oxygen atoms in total. The van der Waals surface area contributed by atoms with E-state index >= 15 is 0 Å². The van der Waals surface area contributed by atoms with Crippen molar-refractivity contribution < 1.29 is 14.0 Å². The number of benzene rings is 2. The molecule has 1 atom stereocenters. The first kappa shape index (κ1) is 18.7. The molecule has 1 aliphatic heterocycles. The van der Waals surface area contributed by atoms with Crippen molar-refractivity contribution >= 4 is 34.4 Å². The van der Waals surface area contributed by atoms with E-state index in [4.69, 9.17) is 16.0 Å². The number of ketones is 1. The van der Waals surface area contributed by atoms with Crippen molar-refractivity contribution in [2.75, 3.05) is 13.1 Å². The Bertz CT molecular complexity index is 1040. The van der Waals surface area contributed by atoms with Crippen LogP contribution in [0.15, 0.2) is 46.9 Å². The van der Waals surface area contributed by atoms with Gasteiger partial charge in [-0.15, -0.1) is 0 Å².